The monoisotopic (exact) mass is 217 g/mol. The number of amides is 1. The maximum Gasteiger partial charge on any atom is 0.216 e. The van der Waals surface area contributed by atoms with E-state index >= 15 is 0 Å². The molecule has 0 aliphatic heterocycles. The third-order valence-corrected chi connectivity index (χ3v) is 2.53. The lowest BCUT2D eigenvalue weighted by Gasteiger charge is -2.01. The van der Waals surface area contributed by atoms with Gasteiger partial charge in [0.15, 0.2) is 0 Å². The van der Waals surface area contributed by atoms with Gasteiger partial charge in [0.25, 0.3) is 0 Å². The standard InChI is InChI=1S/C14H19NO/c1-11-7-8-14(10-12(11)2)6-4-5-9-15-13(3)16/h4,6-8,10H,5,9H2,1-3H3,(H,15,16). The number of benzene rings is 1. The van der Waals surface area contributed by atoms with Crippen LogP contribution in [-0.2, 0) is 4.79 Å². The predicted octanol–water partition coefficient (Wildman–Crippen LogP) is 2.84. The van der Waals surface area contributed by atoms with Gasteiger partial charge in [-0.2, -0.15) is 0 Å². The van der Waals surface area contributed by atoms with Gasteiger partial charge in [-0.05, 0) is 37.0 Å². The molecular formula is C14H19NO. The van der Waals surface area contributed by atoms with E-state index in [0.717, 1.165) is 6.42 Å². The topological polar surface area (TPSA) is 29.1 Å². The van der Waals surface area contributed by atoms with Crippen LogP contribution in [0.4, 0.5) is 0 Å². The van der Waals surface area contributed by atoms with Crippen LogP contribution >= 0.6 is 0 Å². The Bertz CT molecular complexity index is 394. The largest absolute Gasteiger partial charge is 0.356 e. The van der Waals surface area contributed by atoms with Gasteiger partial charge < -0.3 is 5.32 Å². The van der Waals surface area contributed by atoms with Crippen LogP contribution in [0.1, 0.15) is 30.0 Å². The van der Waals surface area contributed by atoms with Crippen LogP contribution in [0, 0.1) is 13.8 Å². The normalized spacial score (nSPS) is 10.7. The van der Waals surface area contributed by atoms with Gasteiger partial charge in [0.2, 0.25) is 5.91 Å². The quantitative estimate of drug-likeness (QED) is 0.772. The molecule has 1 amide bonds. The summed E-state index contributed by atoms with van der Waals surface area (Å²) in [7, 11) is 0. The fourth-order valence-electron chi connectivity index (χ4n) is 1.42. The summed E-state index contributed by atoms with van der Waals surface area (Å²) in [5, 5.41) is 2.76. The Hall–Kier alpha value is -1.57. The average Bonchev–Trinajstić information content (AvgIpc) is 2.22. The Morgan fingerprint density at radius 3 is 2.69 bits per heavy atom. The molecule has 0 aromatic heterocycles. The summed E-state index contributed by atoms with van der Waals surface area (Å²) < 4.78 is 0. The molecule has 1 N–H and O–H groups in total. The van der Waals surface area contributed by atoms with E-state index in [4.69, 9.17) is 0 Å². The zero-order valence-corrected chi connectivity index (χ0v) is 10.2. The number of hydrogen-bond donors (Lipinski definition) is 1. The number of carbonyl (C=O) groups excluding carboxylic acids is 1. The molecule has 86 valence electrons. The van der Waals surface area contributed by atoms with E-state index in [1.54, 1.807) is 0 Å². The maximum atomic E-state index is 10.6. The molecule has 0 radical (unpaired) electrons. The second-order valence-corrected chi connectivity index (χ2v) is 4.02. The zero-order chi connectivity index (χ0) is 12.0. The summed E-state index contributed by atoms with van der Waals surface area (Å²) in [5.41, 5.74) is 3.84. The highest BCUT2D eigenvalue weighted by Gasteiger charge is 1.92. The first-order chi connectivity index (χ1) is 7.59. The zero-order valence-electron chi connectivity index (χ0n) is 10.2. The Morgan fingerprint density at radius 2 is 2.06 bits per heavy atom. The average molecular weight is 217 g/mol. The van der Waals surface area contributed by atoms with Crippen LogP contribution in [0.25, 0.3) is 6.08 Å². The molecule has 1 aromatic rings. The molecule has 2 nitrogen and oxygen atoms in total. The number of hydrogen-bond acceptors (Lipinski definition) is 1. The van der Waals surface area contributed by atoms with Crippen molar-refractivity contribution in [3.63, 3.8) is 0 Å². The van der Waals surface area contributed by atoms with E-state index in [9.17, 15) is 4.79 Å². The van der Waals surface area contributed by atoms with Crippen LogP contribution in [0.2, 0.25) is 0 Å². The first kappa shape index (κ1) is 12.5. The second kappa shape index (κ2) is 6.11. The van der Waals surface area contributed by atoms with Crippen molar-refractivity contribution in [2.75, 3.05) is 6.54 Å². The molecule has 2 heteroatoms. The molecule has 16 heavy (non-hydrogen) atoms. The minimum atomic E-state index is 0.0274. The Kier molecular flexibility index (Phi) is 4.77. The lowest BCUT2D eigenvalue weighted by Crippen LogP contribution is -2.20. The van der Waals surface area contributed by atoms with E-state index in [2.05, 4.69) is 49.5 Å². The fraction of sp³-hybridized carbons (Fsp3) is 0.357. The van der Waals surface area contributed by atoms with Gasteiger partial charge >= 0.3 is 0 Å². The minimum Gasteiger partial charge on any atom is -0.356 e. The predicted molar refractivity (Wildman–Crippen MR) is 68.3 cm³/mol. The minimum absolute atomic E-state index is 0.0274. The molecule has 0 spiro atoms. The maximum absolute atomic E-state index is 10.6. The van der Waals surface area contributed by atoms with Crippen molar-refractivity contribution >= 4 is 12.0 Å². The Morgan fingerprint density at radius 1 is 1.31 bits per heavy atom. The Balaban J connectivity index is 2.44. The van der Waals surface area contributed by atoms with E-state index in [0.29, 0.717) is 6.54 Å². The van der Waals surface area contributed by atoms with Gasteiger partial charge in [-0.1, -0.05) is 30.4 Å². The molecule has 1 aromatic carbocycles. The van der Waals surface area contributed by atoms with Crippen molar-refractivity contribution in [3.8, 4) is 0 Å². The van der Waals surface area contributed by atoms with Gasteiger partial charge in [0, 0.05) is 13.5 Å². The highest BCUT2D eigenvalue weighted by atomic mass is 16.1. The molecule has 0 bridgehead atoms. The van der Waals surface area contributed by atoms with Gasteiger partial charge in [-0.25, -0.2) is 0 Å². The lowest BCUT2D eigenvalue weighted by atomic mass is 10.1. The van der Waals surface area contributed by atoms with Crippen molar-refractivity contribution in [1.82, 2.24) is 5.32 Å². The molecular weight excluding hydrogens is 198 g/mol. The van der Waals surface area contributed by atoms with Crippen molar-refractivity contribution < 1.29 is 4.79 Å². The van der Waals surface area contributed by atoms with Crippen LogP contribution in [0.15, 0.2) is 24.3 Å². The van der Waals surface area contributed by atoms with Crippen LogP contribution in [-0.4, -0.2) is 12.5 Å². The summed E-state index contributed by atoms with van der Waals surface area (Å²) >= 11 is 0. The van der Waals surface area contributed by atoms with Gasteiger partial charge in [-0.3, -0.25) is 4.79 Å². The summed E-state index contributed by atoms with van der Waals surface area (Å²) in [4.78, 5) is 10.6. The number of nitrogens with one attached hydrogen (secondary N) is 1. The van der Waals surface area contributed by atoms with Crippen molar-refractivity contribution in [2.24, 2.45) is 0 Å². The van der Waals surface area contributed by atoms with Gasteiger partial charge in [0.1, 0.15) is 0 Å². The molecule has 1 rings (SSSR count). The number of aryl methyl sites for hydroxylation is 2. The SMILES string of the molecule is CC(=O)NCCC=Cc1ccc(C)c(C)c1. The molecule has 0 aliphatic rings. The first-order valence-corrected chi connectivity index (χ1v) is 5.58. The summed E-state index contributed by atoms with van der Waals surface area (Å²) in [6, 6.07) is 6.41. The number of rotatable bonds is 4. The first-order valence-electron chi connectivity index (χ1n) is 5.58. The van der Waals surface area contributed by atoms with Crippen LogP contribution in [0.5, 0.6) is 0 Å². The molecule has 0 fully saturated rings. The number of carbonyl (C=O) groups is 1. The summed E-state index contributed by atoms with van der Waals surface area (Å²) in [6.07, 6.45) is 5.04. The third-order valence-electron chi connectivity index (χ3n) is 2.53. The van der Waals surface area contributed by atoms with E-state index in [-0.39, 0.29) is 5.91 Å². The second-order valence-electron chi connectivity index (χ2n) is 4.02. The van der Waals surface area contributed by atoms with Gasteiger partial charge in [-0.15, -0.1) is 0 Å². The lowest BCUT2D eigenvalue weighted by molar-refractivity contribution is -0.118. The summed E-state index contributed by atoms with van der Waals surface area (Å²) in [5.74, 6) is 0.0274. The molecule has 0 saturated heterocycles. The van der Waals surface area contributed by atoms with Gasteiger partial charge in [0.05, 0.1) is 0 Å². The fourth-order valence-corrected chi connectivity index (χ4v) is 1.42. The van der Waals surface area contributed by atoms with Crippen LogP contribution < -0.4 is 5.32 Å². The highest BCUT2D eigenvalue weighted by Crippen LogP contribution is 2.11. The molecule has 0 saturated carbocycles. The molecule has 0 aliphatic carbocycles. The van der Waals surface area contributed by atoms with E-state index in [1.807, 2.05) is 0 Å². The third kappa shape index (κ3) is 4.30. The van der Waals surface area contributed by atoms with Crippen LogP contribution in [0.3, 0.4) is 0 Å². The molecule has 0 atom stereocenters. The smallest absolute Gasteiger partial charge is 0.216 e. The van der Waals surface area contributed by atoms with E-state index in [1.165, 1.54) is 23.6 Å². The van der Waals surface area contributed by atoms with Crippen molar-refractivity contribution in [2.45, 2.75) is 27.2 Å². The van der Waals surface area contributed by atoms with Crippen molar-refractivity contribution in [1.29, 1.82) is 0 Å². The van der Waals surface area contributed by atoms with Crippen molar-refractivity contribution in [3.05, 3.63) is 41.0 Å². The van der Waals surface area contributed by atoms with E-state index < -0.39 is 0 Å². The molecule has 0 unspecified atom stereocenters. The highest BCUT2D eigenvalue weighted by molar-refractivity contribution is 5.72. The summed E-state index contributed by atoms with van der Waals surface area (Å²) in [6.45, 7) is 6.47. The molecule has 0 heterocycles. The Labute approximate surface area is 97.4 Å².